The van der Waals surface area contributed by atoms with Crippen molar-refractivity contribution in [1.29, 1.82) is 0 Å². The van der Waals surface area contributed by atoms with Crippen LogP contribution in [0.25, 0.3) is 0 Å². The van der Waals surface area contributed by atoms with Crippen LogP contribution >= 0.6 is 0 Å². The first kappa shape index (κ1) is 10.9. The van der Waals surface area contributed by atoms with Gasteiger partial charge in [-0.3, -0.25) is 4.98 Å². The quantitative estimate of drug-likeness (QED) is 0.686. The Labute approximate surface area is 97.2 Å². The van der Waals surface area contributed by atoms with Crippen molar-refractivity contribution in [3.8, 4) is 0 Å². The van der Waals surface area contributed by atoms with Crippen LogP contribution in [0.1, 0.15) is 24.0 Å². The molecule has 1 aromatic carbocycles. The molecular formula is C15H16N. The van der Waals surface area contributed by atoms with E-state index in [0.717, 1.165) is 12.8 Å². The zero-order valence-corrected chi connectivity index (χ0v) is 9.34. The van der Waals surface area contributed by atoms with Crippen molar-refractivity contribution in [3.05, 3.63) is 72.4 Å². The minimum Gasteiger partial charge on any atom is -0.264 e. The molecule has 0 aliphatic heterocycles. The maximum atomic E-state index is 4.09. The lowest BCUT2D eigenvalue weighted by Gasteiger charge is -2.01. The van der Waals surface area contributed by atoms with E-state index in [4.69, 9.17) is 0 Å². The summed E-state index contributed by atoms with van der Waals surface area (Å²) in [5, 5.41) is 0. The van der Waals surface area contributed by atoms with Crippen LogP contribution in [0.5, 0.6) is 0 Å². The standard InChI is InChI=1S/C15H16N/c1-2-7-14(8-3-1)9-4-5-10-15-11-6-12-16-13-15/h1-3,6-8,10-13H,4-5,9H2. The number of aromatic nitrogens is 1. The Morgan fingerprint density at radius 1 is 1.00 bits per heavy atom. The molecule has 0 unspecified atom stereocenters. The molecule has 2 rings (SSSR count). The maximum Gasteiger partial charge on any atom is 0.0302 e. The van der Waals surface area contributed by atoms with Crippen molar-refractivity contribution in [2.75, 3.05) is 0 Å². The topological polar surface area (TPSA) is 12.9 Å². The summed E-state index contributed by atoms with van der Waals surface area (Å²) in [6.07, 6.45) is 9.41. The molecule has 0 saturated carbocycles. The van der Waals surface area contributed by atoms with Gasteiger partial charge >= 0.3 is 0 Å². The van der Waals surface area contributed by atoms with E-state index >= 15 is 0 Å². The van der Waals surface area contributed by atoms with E-state index in [1.54, 1.807) is 6.20 Å². The van der Waals surface area contributed by atoms with Crippen molar-refractivity contribution in [2.45, 2.75) is 19.3 Å². The highest BCUT2D eigenvalue weighted by molar-refractivity contribution is 5.18. The fourth-order valence-corrected chi connectivity index (χ4v) is 1.72. The summed E-state index contributed by atoms with van der Waals surface area (Å²) in [6, 6.07) is 14.7. The van der Waals surface area contributed by atoms with E-state index in [1.165, 1.54) is 17.5 Å². The molecule has 1 aromatic heterocycles. The zero-order chi connectivity index (χ0) is 11.1. The monoisotopic (exact) mass is 210 g/mol. The third kappa shape index (κ3) is 3.50. The van der Waals surface area contributed by atoms with E-state index in [0.29, 0.717) is 0 Å². The van der Waals surface area contributed by atoms with Crippen molar-refractivity contribution in [3.63, 3.8) is 0 Å². The summed E-state index contributed by atoms with van der Waals surface area (Å²) in [5.41, 5.74) is 2.64. The van der Waals surface area contributed by atoms with Gasteiger partial charge in [0.25, 0.3) is 0 Å². The van der Waals surface area contributed by atoms with Gasteiger partial charge in [0.15, 0.2) is 0 Å². The number of unbranched alkanes of at least 4 members (excludes halogenated alkanes) is 1. The second kappa shape index (κ2) is 6.06. The Balaban J connectivity index is 1.70. The van der Waals surface area contributed by atoms with Crippen LogP contribution in [0.3, 0.4) is 0 Å². The van der Waals surface area contributed by atoms with E-state index in [2.05, 4.69) is 47.8 Å². The molecule has 1 heteroatoms. The Kier molecular flexibility index (Phi) is 4.12. The second-order valence-corrected chi connectivity index (χ2v) is 3.87. The number of hydrogen-bond acceptors (Lipinski definition) is 1. The molecule has 0 N–H and O–H groups in total. The molecule has 1 radical (unpaired) electrons. The van der Waals surface area contributed by atoms with Crippen molar-refractivity contribution in [1.82, 2.24) is 4.98 Å². The largest absolute Gasteiger partial charge is 0.264 e. The molecule has 0 aliphatic rings. The number of pyridine rings is 1. The highest BCUT2D eigenvalue weighted by Gasteiger charge is 1.94. The number of rotatable bonds is 5. The van der Waals surface area contributed by atoms with Gasteiger partial charge in [-0.2, -0.15) is 0 Å². The Bertz CT molecular complexity index is 353. The summed E-state index contributed by atoms with van der Waals surface area (Å²) in [7, 11) is 0. The van der Waals surface area contributed by atoms with Gasteiger partial charge < -0.3 is 0 Å². The lowest BCUT2D eigenvalue weighted by molar-refractivity contribution is 0.815. The Morgan fingerprint density at radius 2 is 1.88 bits per heavy atom. The van der Waals surface area contributed by atoms with Gasteiger partial charge in [-0.1, -0.05) is 36.4 Å². The summed E-state index contributed by atoms with van der Waals surface area (Å²) < 4.78 is 0. The molecule has 0 fully saturated rings. The number of hydrogen-bond donors (Lipinski definition) is 0. The van der Waals surface area contributed by atoms with E-state index in [-0.39, 0.29) is 0 Å². The molecule has 1 nitrogen and oxygen atoms in total. The summed E-state index contributed by atoms with van der Waals surface area (Å²) in [4.78, 5) is 4.09. The summed E-state index contributed by atoms with van der Waals surface area (Å²) in [6.45, 7) is 0. The fraction of sp³-hybridized carbons (Fsp3) is 0.200. The first-order chi connectivity index (χ1) is 7.95. The normalized spacial score (nSPS) is 10.2. The third-order valence-electron chi connectivity index (χ3n) is 2.58. The highest BCUT2D eigenvalue weighted by Crippen LogP contribution is 2.09. The predicted molar refractivity (Wildman–Crippen MR) is 67.0 cm³/mol. The Morgan fingerprint density at radius 3 is 2.62 bits per heavy atom. The third-order valence-corrected chi connectivity index (χ3v) is 2.58. The van der Waals surface area contributed by atoms with Crippen LogP contribution in [-0.4, -0.2) is 4.98 Å². The number of benzene rings is 1. The lowest BCUT2D eigenvalue weighted by atomic mass is 10.0. The van der Waals surface area contributed by atoms with Crippen molar-refractivity contribution in [2.24, 2.45) is 0 Å². The van der Waals surface area contributed by atoms with Crippen LogP contribution in [0.4, 0.5) is 0 Å². The first-order valence-corrected chi connectivity index (χ1v) is 5.72. The second-order valence-electron chi connectivity index (χ2n) is 3.87. The van der Waals surface area contributed by atoms with E-state index < -0.39 is 0 Å². The molecule has 0 spiro atoms. The van der Waals surface area contributed by atoms with Crippen molar-refractivity contribution < 1.29 is 0 Å². The maximum absolute atomic E-state index is 4.09. The van der Waals surface area contributed by atoms with Crippen LogP contribution in [0.2, 0.25) is 0 Å². The van der Waals surface area contributed by atoms with Gasteiger partial charge in [0, 0.05) is 12.4 Å². The van der Waals surface area contributed by atoms with Gasteiger partial charge in [0.2, 0.25) is 0 Å². The van der Waals surface area contributed by atoms with E-state index in [1.807, 2.05) is 12.3 Å². The predicted octanol–water partition coefficient (Wildman–Crippen LogP) is 3.66. The molecular weight excluding hydrogens is 194 g/mol. The average molecular weight is 210 g/mol. The van der Waals surface area contributed by atoms with Gasteiger partial charge in [0.1, 0.15) is 0 Å². The molecule has 2 aromatic rings. The summed E-state index contributed by atoms with van der Waals surface area (Å²) in [5.74, 6) is 0. The molecule has 0 bridgehead atoms. The van der Waals surface area contributed by atoms with Crippen LogP contribution in [0, 0.1) is 6.42 Å². The zero-order valence-electron chi connectivity index (χ0n) is 9.34. The molecule has 0 amide bonds. The Hall–Kier alpha value is -1.63. The number of aryl methyl sites for hydroxylation is 1. The minimum absolute atomic E-state index is 1.11. The van der Waals surface area contributed by atoms with E-state index in [9.17, 15) is 0 Å². The SMILES string of the molecule is [CH](CCCc1ccccc1)c1cccnc1. The average Bonchev–Trinajstić information content (AvgIpc) is 2.37. The van der Waals surface area contributed by atoms with Gasteiger partial charge in [-0.05, 0) is 42.9 Å². The fourth-order valence-electron chi connectivity index (χ4n) is 1.72. The van der Waals surface area contributed by atoms with Gasteiger partial charge in [-0.25, -0.2) is 0 Å². The van der Waals surface area contributed by atoms with Crippen LogP contribution < -0.4 is 0 Å². The summed E-state index contributed by atoms with van der Waals surface area (Å²) >= 11 is 0. The number of nitrogens with zero attached hydrogens (tertiary/aromatic N) is 1. The molecule has 16 heavy (non-hydrogen) atoms. The lowest BCUT2D eigenvalue weighted by Crippen LogP contribution is -1.87. The van der Waals surface area contributed by atoms with Crippen molar-refractivity contribution >= 4 is 0 Å². The molecule has 1 heterocycles. The van der Waals surface area contributed by atoms with Crippen LogP contribution in [-0.2, 0) is 6.42 Å². The molecule has 81 valence electrons. The smallest absolute Gasteiger partial charge is 0.0302 e. The molecule has 0 atom stereocenters. The minimum atomic E-state index is 1.11. The van der Waals surface area contributed by atoms with Gasteiger partial charge in [0.05, 0.1) is 0 Å². The highest BCUT2D eigenvalue weighted by atomic mass is 14.6. The van der Waals surface area contributed by atoms with Gasteiger partial charge in [-0.15, -0.1) is 0 Å². The molecule has 0 saturated heterocycles. The van der Waals surface area contributed by atoms with Crippen LogP contribution in [0.15, 0.2) is 54.9 Å². The molecule has 0 aliphatic carbocycles. The first-order valence-electron chi connectivity index (χ1n) is 5.72.